The number of hydrogen-bond acceptors (Lipinski definition) is 10. The van der Waals surface area contributed by atoms with Crippen LogP contribution in [0, 0.1) is 37.2 Å². The summed E-state index contributed by atoms with van der Waals surface area (Å²) in [5.74, 6) is 0.0453. The zero-order chi connectivity index (χ0) is 46.0. The number of carboxylic acids is 1. The number of halogens is 2. The molecule has 4 aromatic carbocycles. The molecule has 6 rings (SSSR count). The number of aliphatic hydroxyl groups excluding tert-OH is 1. The second-order valence-electron chi connectivity index (χ2n) is 15.4. The van der Waals surface area contributed by atoms with Crippen LogP contribution in [0.25, 0.3) is 16.0 Å². The van der Waals surface area contributed by atoms with Crippen molar-refractivity contribution in [3.05, 3.63) is 169 Å². The lowest BCUT2D eigenvalue weighted by atomic mass is 9.85. The van der Waals surface area contributed by atoms with E-state index in [1.807, 2.05) is 50.2 Å². The molecule has 0 saturated carbocycles. The lowest BCUT2D eigenvalue weighted by Gasteiger charge is -2.23. The molecule has 0 aliphatic heterocycles. The second kappa shape index (κ2) is 20.9. The third-order valence-corrected chi connectivity index (χ3v) is 11.5. The number of nitrogens with zero attached hydrogens (tertiary/aromatic N) is 4. The van der Waals surface area contributed by atoms with Crippen LogP contribution < -0.4 is 18.9 Å². The summed E-state index contributed by atoms with van der Waals surface area (Å²) in [6.45, 7) is 14.2. The van der Waals surface area contributed by atoms with Gasteiger partial charge in [0.25, 0.3) is 0 Å². The average molecular weight is 900 g/mol. The Hall–Kier alpha value is -6.96. The molecule has 0 fully saturated rings. The molecular weight excluding hydrogens is 855 g/mol. The van der Waals surface area contributed by atoms with E-state index in [2.05, 4.69) is 20.9 Å². The molecule has 0 aliphatic carbocycles. The Labute approximate surface area is 381 Å². The summed E-state index contributed by atoms with van der Waals surface area (Å²) >= 11 is 13.4. The Morgan fingerprint density at radius 1 is 0.750 bits per heavy atom. The highest BCUT2D eigenvalue weighted by Gasteiger charge is 2.32. The third-order valence-electron chi connectivity index (χ3n) is 10.9. The Balaban J connectivity index is 1.20. The summed E-state index contributed by atoms with van der Waals surface area (Å²) in [6, 6.07) is 23.8. The van der Waals surface area contributed by atoms with E-state index in [0.717, 1.165) is 33.4 Å². The van der Waals surface area contributed by atoms with Crippen molar-refractivity contribution < 1.29 is 38.7 Å². The molecule has 1 atom stereocenters. The molecule has 0 amide bonds. The highest BCUT2D eigenvalue weighted by Crippen LogP contribution is 2.38. The van der Waals surface area contributed by atoms with Crippen molar-refractivity contribution in [2.45, 2.75) is 67.0 Å². The van der Waals surface area contributed by atoms with E-state index in [0.29, 0.717) is 55.8 Å². The van der Waals surface area contributed by atoms with Crippen molar-refractivity contribution in [2.24, 2.45) is 5.41 Å². The number of ketones is 1. The van der Waals surface area contributed by atoms with E-state index in [1.54, 1.807) is 42.7 Å². The Kier molecular flexibility index (Phi) is 15.2. The minimum absolute atomic E-state index is 0.0738. The van der Waals surface area contributed by atoms with Gasteiger partial charge in [-0.15, -0.1) is 0 Å². The summed E-state index contributed by atoms with van der Waals surface area (Å²) < 4.78 is 24.8. The molecule has 0 saturated heterocycles. The maximum atomic E-state index is 12.5. The fourth-order valence-electron chi connectivity index (χ4n) is 6.86. The van der Waals surface area contributed by atoms with E-state index in [-0.39, 0.29) is 55.8 Å². The van der Waals surface area contributed by atoms with Gasteiger partial charge in [-0.25, -0.2) is 4.85 Å². The van der Waals surface area contributed by atoms with Gasteiger partial charge in [-0.1, -0.05) is 59.6 Å². The van der Waals surface area contributed by atoms with Gasteiger partial charge in [-0.2, -0.15) is 5.26 Å². The molecule has 2 heterocycles. The number of hydrogen-bond donors (Lipinski definition) is 2. The van der Waals surface area contributed by atoms with Gasteiger partial charge in [0.05, 0.1) is 39.8 Å². The fraction of sp³-hybridized carbons (Fsp3) is 0.240. The Morgan fingerprint density at radius 3 is 1.86 bits per heavy atom. The molecule has 2 aromatic heterocycles. The van der Waals surface area contributed by atoms with Gasteiger partial charge in [0.2, 0.25) is 5.69 Å². The maximum absolute atomic E-state index is 12.5. The summed E-state index contributed by atoms with van der Waals surface area (Å²) in [5, 5.41) is 29.4. The number of nitriles is 1. The van der Waals surface area contributed by atoms with Crippen molar-refractivity contribution in [2.75, 3.05) is 6.61 Å². The first kappa shape index (κ1) is 46.5. The first-order valence-electron chi connectivity index (χ1n) is 20.1. The largest absolute Gasteiger partial charge is 0.488 e. The maximum Gasteiger partial charge on any atom is 0.311 e. The van der Waals surface area contributed by atoms with Gasteiger partial charge >= 0.3 is 5.97 Å². The Bertz CT molecular complexity index is 2800. The topological polar surface area (TPSA) is 165 Å². The number of carbonyl (C=O) groups excluding carboxylic acids is 1. The van der Waals surface area contributed by atoms with E-state index >= 15 is 0 Å². The highest BCUT2D eigenvalue weighted by atomic mass is 35.5. The van der Waals surface area contributed by atoms with Crippen LogP contribution in [0.5, 0.6) is 23.0 Å². The zero-order valence-electron chi connectivity index (χ0n) is 35.6. The van der Waals surface area contributed by atoms with Crippen LogP contribution in [0.15, 0.2) is 97.6 Å². The standard InChI is InChI=1S/C50H44Cl2N4O8/c1-30-37(27-63-47-18-45(61-26-35-15-39(54-5)24-56-23-35)36(16-43(47)51)12-13-50(4,29-57)49(59)60)8-6-10-40(30)41-11-7-9-38(31(41)2)28-64-48-19-46(42(32(3)58)17-44(48)52)62-25-34-14-33(20-53)21-55-22-34/h6-11,14-19,21-24,57H,12-13,25-29H2,1-4H3,(H,59,60)/t50-/m0/s1. The molecule has 12 nitrogen and oxygen atoms in total. The zero-order valence-corrected chi connectivity index (χ0v) is 37.1. The normalized spacial score (nSPS) is 11.8. The number of aryl methyl sites for hydroxylation is 1. The Morgan fingerprint density at radius 2 is 1.30 bits per heavy atom. The molecule has 2 N–H and O–H groups in total. The van der Waals surface area contributed by atoms with Crippen LogP contribution >= 0.6 is 23.2 Å². The molecule has 64 heavy (non-hydrogen) atoms. The second-order valence-corrected chi connectivity index (χ2v) is 16.3. The first-order chi connectivity index (χ1) is 30.7. The van der Waals surface area contributed by atoms with Gasteiger partial charge in [-0.3, -0.25) is 19.6 Å². The van der Waals surface area contributed by atoms with Gasteiger partial charge in [-0.05, 0) is 109 Å². The number of rotatable bonds is 19. The minimum Gasteiger partial charge on any atom is -0.488 e. The predicted molar refractivity (Wildman–Crippen MR) is 242 cm³/mol. The SMILES string of the molecule is [C-]#[N+]c1cncc(COc2cc(OCc3cccc(-c4cccc(COc5cc(OCc6cncc(C#N)c6)c(C(C)=O)cc5Cl)c4C)c3C)c(Cl)cc2CC[C@@](C)(CO)C(=O)O)c1. The van der Waals surface area contributed by atoms with Crippen LogP contribution in [-0.2, 0) is 37.6 Å². The number of Topliss-reactive ketones (excluding diaryl/α,β-unsaturated/α-hetero) is 1. The van der Waals surface area contributed by atoms with E-state index in [4.69, 9.17) is 48.7 Å². The molecule has 0 bridgehead atoms. The smallest absolute Gasteiger partial charge is 0.311 e. The molecule has 0 aliphatic rings. The molecule has 14 heteroatoms. The van der Waals surface area contributed by atoms with Crippen LogP contribution in [0.1, 0.15) is 75.1 Å². The van der Waals surface area contributed by atoms with Crippen molar-refractivity contribution in [1.29, 1.82) is 5.26 Å². The number of benzene rings is 4. The van der Waals surface area contributed by atoms with Crippen LogP contribution in [0.4, 0.5) is 5.69 Å². The van der Waals surface area contributed by atoms with Crippen molar-refractivity contribution >= 4 is 40.6 Å². The number of aromatic nitrogens is 2. The molecule has 0 spiro atoms. The third kappa shape index (κ3) is 11.2. The van der Waals surface area contributed by atoms with Crippen molar-refractivity contribution in [1.82, 2.24) is 9.97 Å². The molecule has 0 radical (unpaired) electrons. The van der Waals surface area contributed by atoms with Crippen LogP contribution in [0.3, 0.4) is 0 Å². The summed E-state index contributed by atoms with van der Waals surface area (Å²) in [7, 11) is 0. The predicted octanol–water partition coefficient (Wildman–Crippen LogP) is 11.0. The van der Waals surface area contributed by atoms with Crippen molar-refractivity contribution in [3.63, 3.8) is 0 Å². The average Bonchev–Trinajstić information content (AvgIpc) is 3.29. The minimum atomic E-state index is -1.37. The van der Waals surface area contributed by atoms with Gasteiger partial charge in [0.15, 0.2) is 5.78 Å². The van der Waals surface area contributed by atoms with E-state index < -0.39 is 18.0 Å². The monoisotopic (exact) mass is 898 g/mol. The number of carbonyl (C=O) groups is 2. The number of carboxylic acid groups (broad SMARTS) is 1. The van der Waals surface area contributed by atoms with Crippen molar-refractivity contribution in [3.8, 4) is 40.2 Å². The number of aliphatic carboxylic acids is 1. The summed E-state index contributed by atoms with van der Waals surface area (Å²) in [5.41, 5.74) is 7.41. The summed E-state index contributed by atoms with van der Waals surface area (Å²) in [4.78, 5) is 36.1. The molecular formula is C50H44Cl2N4O8. The molecule has 6 aromatic rings. The first-order valence-corrected chi connectivity index (χ1v) is 20.8. The number of pyridine rings is 2. The lowest BCUT2D eigenvalue weighted by Crippen LogP contribution is -2.32. The van der Waals surface area contributed by atoms with E-state index in [9.17, 15) is 25.1 Å². The fourth-order valence-corrected chi connectivity index (χ4v) is 7.32. The lowest BCUT2D eigenvalue weighted by molar-refractivity contribution is -0.150. The number of ether oxygens (including phenoxy) is 4. The molecule has 0 unspecified atom stereocenters. The molecule has 326 valence electrons. The van der Waals surface area contributed by atoms with Crippen LogP contribution in [-0.4, -0.2) is 38.5 Å². The van der Waals surface area contributed by atoms with Crippen LogP contribution in [0.2, 0.25) is 10.0 Å². The highest BCUT2D eigenvalue weighted by molar-refractivity contribution is 6.32. The number of aliphatic hydroxyl groups is 1. The van der Waals surface area contributed by atoms with Gasteiger partial charge < -0.3 is 29.2 Å². The quantitative estimate of drug-likeness (QED) is 0.0587. The van der Waals surface area contributed by atoms with Gasteiger partial charge in [0, 0.05) is 42.5 Å². The van der Waals surface area contributed by atoms with E-state index in [1.165, 1.54) is 32.3 Å². The summed E-state index contributed by atoms with van der Waals surface area (Å²) in [6.07, 6.45) is 6.48. The van der Waals surface area contributed by atoms with Gasteiger partial charge in [0.1, 0.15) is 55.5 Å².